The van der Waals surface area contributed by atoms with Gasteiger partial charge in [-0.3, -0.25) is 24.2 Å². The van der Waals surface area contributed by atoms with Crippen molar-refractivity contribution in [2.45, 2.75) is 46.1 Å². The molecule has 2 amide bonds. The van der Waals surface area contributed by atoms with Crippen molar-refractivity contribution in [1.82, 2.24) is 29.5 Å². The number of nitrogens with zero attached hydrogens (tertiary/aromatic N) is 6. The van der Waals surface area contributed by atoms with Gasteiger partial charge in [0.05, 0.1) is 35.4 Å². The molecule has 2 fully saturated rings. The highest BCUT2D eigenvalue weighted by Gasteiger charge is 2.43. The van der Waals surface area contributed by atoms with Crippen LogP contribution in [0.4, 0.5) is 0 Å². The zero-order valence-electron chi connectivity index (χ0n) is 17.4. The molecule has 29 heavy (non-hydrogen) atoms. The van der Waals surface area contributed by atoms with Crippen LogP contribution in [0, 0.1) is 19.3 Å². The van der Waals surface area contributed by atoms with E-state index in [0.29, 0.717) is 31.6 Å². The smallest absolute Gasteiger partial charge is 0.257 e. The highest BCUT2D eigenvalue weighted by atomic mass is 16.2. The van der Waals surface area contributed by atoms with Crippen LogP contribution in [0.25, 0.3) is 0 Å². The maximum absolute atomic E-state index is 13.1. The average molecular weight is 396 g/mol. The van der Waals surface area contributed by atoms with Crippen LogP contribution < -0.4 is 0 Å². The average Bonchev–Trinajstić information content (AvgIpc) is 3.04. The molecule has 2 saturated heterocycles. The number of aromatic nitrogens is 4. The summed E-state index contributed by atoms with van der Waals surface area (Å²) >= 11 is 0. The highest BCUT2D eigenvalue weighted by molar-refractivity contribution is 5.95. The Morgan fingerprint density at radius 1 is 1.17 bits per heavy atom. The van der Waals surface area contributed by atoms with Crippen molar-refractivity contribution in [3.8, 4) is 0 Å². The summed E-state index contributed by atoms with van der Waals surface area (Å²) in [6.45, 7) is 6.35. The molecular formula is C21H28N6O2. The lowest BCUT2D eigenvalue weighted by atomic mass is 9.73. The second-order valence-electron chi connectivity index (χ2n) is 8.53. The summed E-state index contributed by atoms with van der Waals surface area (Å²) in [5.41, 5.74) is 3.05. The van der Waals surface area contributed by atoms with Crippen molar-refractivity contribution >= 4 is 11.8 Å². The van der Waals surface area contributed by atoms with Gasteiger partial charge in [-0.25, -0.2) is 0 Å². The Kier molecular flexibility index (Phi) is 5.10. The molecule has 8 nitrogen and oxygen atoms in total. The molecule has 2 aromatic rings. The second kappa shape index (κ2) is 7.57. The van der Waals surface area contributed by atoms with Gasteiger partial charge in [-0.05, 0) is 33.1 Å². The Balaban J connectivity index is 1.49. The first-order valence-electron chi connectivity index (χ1n) is 10.2. The van der Waals surface area contributed by atoms with E-state index >= 15 is 0 Å². The van der Waals surface area contributed by atoms with E-state index in [2.05, 4.69) is 15.1 Å². The summed E-state index contributed by atoms with van der Waals surface area (Å²) in [5.74, 6) is 0.201. The van der Waals surface area contributed by atoms with Crippen molar-refractivity contribution in [2.24, 2.45) is 12.5 Å². The minimum Gasteiger partial charge on any atom is -0.338 e. The highest BCUT2D eigenvalue weighted by Crippen LogP contribution is 2.39. The van der Waals surface area contributed by atoms with Crippen molar-refractivity contribution in [1.29, 1.82) is 0 Å². The van der Waals surface area contributed by atoms with Crippen LogP contribution >= 0.6 is 0 Å². The molecule has 0 unspecified atom stereocenters. The number of likely N-dealkylation sites (tertiary alicyclic amines) is 2. The third-order valence-corrected chi connectivity index (χ3v) is 6.13. The summed E-state index contributed by atoms with van der Waals surface area (Å²) in [5, 5.41) is 4.31. The molecule has 1 spiro atoms. The van der Waals surface area contributed by atoms with Gasteiger partial charge in [0, 0.05) is 50.9 Å². The van der Waals surface area contributed by atoms with Crippen LogP contribution in [0.2, 0.25) is 0 Å². The maximum atomic E-state index is 13.1. The Labute approximate surface area is 170 Å². The normalized spacial score (nSPS) is 22.4. The summed E-state index contributed by atoms with van der Waals surface area (Å²) in [6, 6.07) is 0. The third kappa shape index (κ3) is 4.02. The number of piperidine rings is 2. The quantitative estimate of drug-likeness (QED) is 0.791. The van der Waals surface area contributed by atoms with Crippen molar-refractivity contribution < 1.29 is 9.59 Å². The van der Waals surface area contributed by atoms with Crippen molar-refractivity contribution in [3.63, 3.8) is 0 Å². The number of hydrogen-bond donors (Lipinski definition) is 0. The van der Waals surface area contributed by atoms with Crippen LogP contribution in [0.3, 0.4) is 0 Å². The third-order valence-electron chi connectivity index (χ3n) is 6.13. The number of hydrogen-bond acceptors (Lipinski definition) is 5. The molecule has 0 bridgehead atoms. The number of rotatable bonds is 3. The number of carbonyl (C=O) groups excluding carboxylic acids is 2. The Hall–Kier alpha value is -2.77. The van der Waals surface area contributed by atoms with E-state index < -0.39 is 0 Å². The fourth-order valence-corrected chi connectivity index (χ4v) is 4.64. The molecular weight excluding hydrogens is 368 g/mol. The van der Waals surface area contributed by atoms with Crippen molar-refractivity contribution in [3.05, 3.63) is 41.2 Å². The summed E-state index contributed by atoms with van der Waals surface area (Å²) in [6.07, 6.45) is 8.61. The standard InChI is InChI=1S/C21H28N6O2/c1-15-9-23-17(10-22-15)11-27-14-21(7-5-19(27)28)6-4-8-26(13-21)20(29)18-12-25(3)24-16(18)2/h9-10,12H,4-8,11,13-14H2,1-3H3/t21-/m1/s1. The van der Waals surface area contributed by atoms with E-state index in [4.69, 9.17) is 0 Å². The van der Waals surface area contributed by atoms with Gasteiger partial charge < -0.3 is 9.80 Å². The van der Waals surface area contributed by atoms with Gasteiger partial charge in [0.1, 0.15) is 0 Å². The lowest BCUT2D eigenvalue weighted by Gasteiger charge is -2.48. The van der Waals surface area contributed by atoms with Crippen LogP contribution in [0.1, 0.15) is 53.1 Å². The molecule has 0 aliphatic carbocycles. The molecule has 2 aromatic heterocycles. The fourth-order valence-electron chi connectivity index (χ4n) is 4.64. The maximum Gasteiger partial charge on any atom is 0.257 e. The minimum atomic E-state index is -0.0456. The predicted octanol–water partition coefficient (Wildman–Crippen LogP) is 1.87. The zero-order valence-corrected chi connectivity index (χ0v) is 17.4. The minimum absolute atomic E-state index is 0.0440. The molecule has 0 N–H and O–H groups in total. The monoisotopic (exact) mass is 396 g/mol. The molecule has 0 aromatic carbocycles. The summed E-state index contributed by atoms with van der Waals surface area (Å²) in [7, 11) is 1.83. The molecule has 1 atom stereocenters. The fraction of sp³-hybridized carbons (Fsp3) is 0.571. The first kappa shape index (κ1) is 19.5. The van der Waals surface area contributed by atoms with Crippen LogP contribution in [-0.2, 0) is 18.4 Å². The topological polar surface area (TPSA) is 84.2 Å². The Morgan fingerprint density at radius 3 is 2.69 bits per heavy atom. The lowest BCUT2D eigenvalue weighted by Crippen LogP contribution is -2.54. The predicted molar refractivity (Wildman–Crippen MR) is 107 cm³/mol. The zero-order chi connectivity index (χ0) is 20.6. The molecule has 154 valence electrons. The van der Waals surface area contributed by atoms with Crippen LogP contribution in [-0.4, -0.2) is 61.0 Å². The molecule has 2 aliphatic heterocycles. The van der Waals surface area contributed by atoms with Crippen LogP contribution in [0.15, 0.2) is 18.6 Å². The van der Waals surface area contributed by atoms with Gasteiger partial charge in [0.2, 0.25) is 5.91 Å². The SMILES string of the molecule is Cc1cnc(CN2C[C@]3(CCCN(C(=O)c4cn(C)nc4C)C3)CCC2=O)cn1. The number of carbonyl (C=O) groups is 2. The number of aryl methyl sites for hydroxylation is 3. The molecule has 4 rings (SSSR count). The Morgan fingerprint density at radius 2 is 2.00 bits per heavy atom. The van der Waals surface area contributed by atoms with E-state index in [1.54, 1.807) is 23.3 Å². The molecule has 4 heterocycles. The molecule has 2 aliphatic rings. The van der Waals surface area contributed by atoms with Gasteiger partial charge in [0.15, 0.2) is 0 Å². The first-order chi connectivity index (χ1) is 13.8. The van der Waals surface area contributed by atoms with E-state index in [9.17, 15) is 9.59 Å². The summed E-state index contributed by atoms with van der Waals surface area (Å²) in [4.78, 5) is 38.2. The van der Waals surface area contributed by atoms with Gasteiger partial charge in [-0.1, -0.05) is 0 Å². The van der Waals surface area contributed by atoms with Gasteiger partial charge in [0.25, 0.3) is 5.91 Å². The van der Waals surface area contributed by atoms with Gasteiger partial charge in [-0.2, -0.15) is 5.10 Å². The van der Waals surface area contributed by atoms with E-state index in [0.717, 1.165) is 42.9 Å². The van der Waals surface area contributed by atoms with E-state index in [-0.39, 0.29) is 17.2 Å². The Bertz CT molecular complexity index is 922. The molecule has 8 heteroatoms. The summed E-state index contributed by atoms with van der Waals surface area (Å²) < 4.78 is 1.69. The molecule has 0 saturated carbocycles. The van der Waals surface area contributed by atoms with E-state index in [1.807, 2.05) is 30.7 Å². The van der Waals surface area contributed by atoms with Crippen molar-refractivity contribution in [2.75, 3.05) is 19.6 Å². The largest absolute Gasteiger partial charge is 0.338 e. The number of amides is 2. The van der Waals surface area contributed by atoms with E-state index in [1.165, 1.54) is 0 Å². The molecule has 0 radical (unpaired) electrons. The van der Waals surface area contributed by atoms with Gasteiger partial charge >= 0.3 is 0 Å². The lowest BCUT2D eigenvalue weighted by molar-refractivity contribution is -0.139. The second-order valence-corrected chi connectivity index (χ2v) is 8.53. The first-order valence-corrected chi connectivity index (χ1v) is 10.2. The van der Waals surface area contributed by atoms with Crippen LogP contribution in [0.5, 0.6) is 0 Å². The van der Waals surface area contributed by atoms with Gasteiger partial charge in [-0.15, -0.1) is 0 Å².